The van der Waals surface area contributed by atoms with Gasteiger partial charge in [0.1, 0.15) is 0 Å². The summed E-state index contributed by atoms with van der Waals surface area (Å²) in [7, 11) is 0. The quantitative estimate of drug-likeness (QED) is 0.649. The number of hydrogen-bond donors (Lipinski definition) is 1. The highest BCUT2D eigenvalue weighted by molar-refractivity contribution is 6.33. The molecule has 0 saturated carbocycles. The second-order valence-electron chi connectivity index (χ2n) is 3.97. The van der Waals surface area contributed by atoms with Crippen LogP contribution in [0.5, 0.6) is 0 Å². The van der Waals surface area contributed by atoms with E-state index in [1.165, 1.54) is 0 Å². The summed E-state index contributed by atoms with van der Waals surface area (Å²) in [6, 6.07) is 0. The van der Waals surface area contributed by atoms with Crippen LogP contribution in [0, 0.1) is 5.92 Å². The number of carboxylic acids is 1. The Morgan fingerprint density at radius 3 is 2.54 bits per heavy atom. The highest BCUT2D eigenvalue weighted by atomic mass is 16.5. The van der Waals surface area contributed by atoms with Crippen molar-refractivity contribution in [3.63, 3.8) is 0 Å². The Kier molecular flexibility index (Phi) is 2.71. The first-order chi connectivity index (χ1) is 5.92. The summed E-state index contributed by atoms with van der Waals surface area (Å²) in [5, 5.41) is 8.51. The summed E-state index contributed by atoms with van der Waals surface area (Å²) in [5.74, 6) is -2.39. The molecule has 0 aliphatic carbocycles. The Hall–Kier alpha value is -0.900. The van der Waals surface area contributed by atoms with E-state index in [1.807, 2.05) is 13.8 Å². The van der Waals surface area contributed by atoms with Crippen LogP contribution in [0.15, 0.2) is 0 Å². The fourth-order valence-corrected chi connectivity index (χ4v) is 1.63. The highest BCUT2D eigenvalue weighted by Crippen LogP contribution is 2.28. The molecule has 1 rings (SSSR count). The van der Waals surface area contributed by atoms with Gasteiger partial charge in [0.2, 0.25) is 5.78 Å². The molecule has 1 fully saturated rings. The predicted octanol–water partition coefficient (Wildman–Crippen LogP) is 0.845. The van der Waals surface area contributed by atoms with Crippen LogP contribution in [0.4, 0.5) is 0 Å². The van der Waals surface area contributed by atoms with Gasteiger partial charge in [-0.3, -0.25) is 4.79 Å². The molecule has 4 nitrogen and oxygen atoms in total. The van der Waals surface area contributed by atoms with E-state index >= 15 is 0 Å². The zero-order valence-electron chi connectivity index (χ0n) is 7.87. The molecule has 0 aromatic carbocycles. The van der Waals surface area contributed by atoms with E-state index in [1.54, 1.807) is 0 Å². The second kappa shape index (κ2) is 3.46. The van der Waals surface area contributed by atoms with Crippen molar-refractivity contribution >= 4 is 11.8 Å². The van der Waals surface area contributed by atoms with Crippen molar-refractivity contribution in [3.8, 4) is 0 Å². The molecule has 4 heteroatoms. The van der Waals surface area contributed by atoms with Gasteiger partial charge >= 0.3 is 5.97 Å². The lowest BCUT2D eigenvalue weighted by atomic mass is 9.85. The minimum absolute atomic E-state index is 0.367. The predicted molar refractivity (Wildman–Crippen MR) is 45.4 cm³/mol. The molecule has 1 heterocycles. The molecular weight excluding hydrogens is 172 g/mol. The SMILES string of the molecule is CC1(C)CC(C(=O)C(=O)O)CCO1. The first-order valence-corrected chi connectivity index (χ1v) is 4.33. The third-order valence-corrected chi connectivity index (χ3v) is 2.28. The van der Waals surface area contributed by atoms with Gasteiger partial charge in [-0.25, -0.2) is 4.79 Å². The number of ketones is 1. The minimum atomic E-state index is -1.33. The summed E-state index contributed by atoms with van der Waals surface area (Å²) in [5.41, 5.74) is -0.367. The van der Waals surface area contributed by atoms with Crippen LogP contribution in [0.2, 0.25) is 0 Å². The summed E-state index contributed by atoms with van der Waals surface area (Å²) in [4.78, 5) is 21.5. The zero-order valence-corrected chi connectivity index (χ0v) is 7.87. The maximum absolute atomic E-state index is 11.1. The van der Waals surface area contributed by atoms with Crippen molar-refractivity contribution in [3.05, 3.63) is 0 Å². The molecule has 0 aromatic rings. The van der Waals surface area contributed by atoms with Crippen molar-refractivity contribution in [2.24, 2.45) is 5.92 Å². The minimum Gasteiger partial charge on any atom is -0.475 e. The largest absolute Gasteiger partial charge is 0.475 e. The third kappa shape index (κ3) is 2.52. The number of Topliss-reactive ketones (excluding diaryl/α,β-unsaturated/α-hetero) is 1. The van der Waals surface area contributed by atoms with E-state index in [9.17, 15) is 9.59 Å². The number of ether oxygens (including phenoxy) is 1. The molecule has 74 valence electrons. The first-order valence-electron chi connectivity index (χ1n) is 4.33. The molecule has 0 bridgehead atoms. The Bertz CT molecular complexity index is 232. The monoisotopic (exact) mass is 186 g/mol. The van der Waals surface area contributed by atoms with E-state index < -0.39 is 11.8 Å². The molecule has 1 aliphatic rings. The van der Waals surface area contributed by atoms with Gasteiger partial charge in [-0.15, -0.1) is 0 Å². The van der Waals surface area contributed by atoms with Gasteiger partial charge in [-0.1, -0.05) is 0 Å². The van der Waals surface area contributed by atoms with Gasteiger partial charge in [-0.05, 0) is 26.7 Å². The molecule has 1 atom stereocenters. The molecule has 13 heavy (non-hydrogen) atoms. The van der Waals surface area contributed by atoms with E-state index in [2.05, 4.69) is 0 Å². The fourth-order valence-electron chi connectivity index (χ4n) is 1.63. The van der Waals surface area contributed by atoms with Crippen LogP contribution >= 0.6 is 0 Å². The Balaban J connectivity index is 2.62. The average molecular weight is 186 g/mol. The molecular formula is C9H14O4. The standard InChI is InChI=1S/C9H14O4/c1-9(2)5-6(3-4-13-9)7(10)8(11)12/h6H,3-5H2,1-2H3,(H,11,12). The smallest absolute Gasteiger partial charge is 0.372 e. The number of carbonyl (C=O) groups is 2. The van der Waals surface area contributed by atoms with Gasteiger partial charge in [0.15, 0.2) is 0 Å². The zero-order chi connectivity index (χ0) is 10.1. The fraction of sp³-hybridized carbons (Fsp3) is 0.778. The Morgan fingerprint density at radius 1 is 1.46 bits per heavy atom. The van der Waals surface area contributed by atoms with Crippen molar-refractivity contribution in [2.45, 2.75) is 32.3 Å². The topological polar surface area (TPSA) is 63.6 Å². The van der Waals surface area contributed by atoms with Gasteiger partial charge in [0.05, 0.1) is 5.60 Å². The van der Waals surface area contributed by atoms with Crippen molar-refractivity contribution in [1.82, 2.24) is 0 Å². The molecule has 1 aliphatic heterocycles. The molecule has 0 aromatic heterocycles. The number of hydrogen-bond acceptors (Lipinski definition) is 3. The summed E-state index contributed by atoms with van der Waals surface area (Å²) < 4.78 is 5.38. The van der Waals surface area contributed by atoms with Gasteiger partial charge in [-0.2, -0.15) is 0 Å². The van der Waals surface area contributed by atoms with E-state index in [-0.39, 0.29) is 11.5 Å². The molecule has 0 amide bonds. The van der Waals surface area contributed by atoms with Crippen LogP contribution in [-0.4, -0.2) is 29.1 Å². The normalized spacial score (nSPS) is 26.8. The molecule has 0 spiro atoms. The van der Waals surface area contributed by atoms with Crippen LogP contribution in [0.3, 0.4) is 0 Å². The maximum atomic E-state index is 11.1. The van der Waals surface area contributed by atoms with Crippen molar-refractivity contribution in [1.29, 1.82) is 0 Å². The molecule has 1 unspecified atom stereocenters. The molecule has 0 radical (unpaired) electrons. The molecule has 1 saturated heterocycles. The third-order valence-electron chi connectivity index (χ3n) is 2.28. The van der Waals surface area contributed by atoms with Crippen LogP contribution in [-0.2, 0) is 14.3 Å². The number of carboxylic acid groups (broad SMARTS) is 1. The van der Waals surface area contributed by atoms with Gasteiger partial charge in [0.25, 0.3) is 0 Å². The van der Waals surface area contributed by atoms with E-state index in [4.69, 9.17) is 9.84 Å². The Labute approximate surface area is 76.9 Å². The van der Waals surface area contributed by atoms with Crippen LogP contribution < -0.4 is 0 Å². The lowest BCUT2D eigenvalue weighted by Crippen LogP contribution is -2.39. The molecule has 1 N–H and O–H groups in total. The van der Waals surface area contributed by atoms with Gasteiger partial charge < -0.3 is 9.84 Å². The highest BCUT2D eigenvalue weighted by Gasteiger charge is 2.35. The van der Waals surface area contributed by atoms with Gasteiger partial charge in [0, 0.05) is 12.5 Å². The van der Waals surface area contributed by atoms with Crippen molar-refractivity contribution in [2.75, 3.05) is 6.61 Å². The van der Waals surface area contributed by atoms with E-state index in [0.717, 1.165) is 0 Å². The van der Waals surface area contributed by atoms with E-state index in [0.29, 0.717) is 19.4 Å². The van der Waals surface area contributed by atoms with Crippen molar-refractivity contribution < 1.29 is 19.4 Å². The van der Waals surface area contributed by atoms with Crippen LogP contribution in [0.1, 0.15) is 26.7 Å². The summed E-state index contributed by atoms with van der Waals surface area (Å²) in [6.45, 7) is 4.21. The number of rotatable bonds is 2. The second-order valence-corrected chi connectivity index (χ2v) is 3.97. The lowest BCUT2D eigenvalue weighted by Gasteiger charge is -2.34. The number of aliphatic carboxylic acids is 1. The average Bonchev–Trinajstić information content (AvgIpc) is 2.01. The van der Waals surface area contributed by atoms with Crippen LogP contribution in [0.25, 0.3) is 0 Å². The number of carbonyl (C=O) groups excluding carboxylic acids is 1. The summed E-state index contributed by atoms with van der Waals surface area (Å²) >= 11 is 0. The summed E-state index contributed by atoms with van der Waals surface area (Å²) in [6.07, 6.45) is 1.02. The Morgan fingerprint density at radius 2 is 2.08 bits per heavy atom. The first kappa shape index (κ1) is 10.2. The maximum Gasteiger partial charge on any atom is 0.372 e. The lowest BCUT2D eigenvalue weighted by molar-refractivity contribution is -0.155.